The molecule has 2 aliphatic rings. The molecule has 2 bridgehead atoms. The number of carbonyl (C=O) groups excluding carboxylic acids is 1. The van der Waals surface area contributed by atoms with E-state index in [1.54, 1.807) is 16.7 Å². The fourth-order valence-corrected chi connectivity index (χ4v) is 4.21. The molecule has 2 aromatic rings. The fraction of sp³-hybridized carbons (Fsp3) is 0.500. The number of fused-ring (bicyclic) bond motifs is 4. The minimum Gasteiger partial charge on any atom is -0.595 e. The van der Waals surface area contributed by atoms with Gasteiger partial charge in [0.25, 0.3) is 5.88 Å². The third-order valence-electron chi connectivity index (χ3n) is 5.52. The van der Waals surface area contributed by atoms with E-state index in [0.717, 1.165) is 12.1 Å². The molecule has 2 N–H and O–H groups in total. The largest absolute Gasteiger partial charge is 0.595 e. The maximum atomic E-state index is 12.7. The Kier molecular flexibility index (Phi) is 4.92. The lowest BCUT2D eigenvalue weighted by atomic mass is 9.83. The minimum atomic E-state index is -1.21. The van der Waals surface area contributed by atoms with Crippen LogP contribution in [-0.4, -0.2) is 45.9 Å². The highest BCUT2D eigenvalue weighted by Gasteiger charge is 2.37. The van der Waals surface area contributed by atoms with Crippen LogP contribution < -0.4 is 15.5 Å². The number of methoxy groups -OCH3 is 1. The molecule has 3 atom stereocenters. The number of hydrogen-bond acceptors (Lipinski definition) is 7. The third kappa shape index (κ3) is 3.41. The molecule has 0 spiro atoms. The van der Waals surface area contributed by atoms with Crippen LogP contribution in [0.5, 0.6) is 5.88 Å². The van der Waals surface area contributed by atoms with Crippen molar-refractivity contribution >= 4 is 11.6 Å². The van der Waals surface area contributed by atoms with Gasteiger partial charge >= 0.3 is 5.56 Å². The van der Waals surface area contributed by atoms with E-state index in [-0.39, 0.29) is 23.4 Å². The van der Waals surface area contributed by atoms with Gasteiger partial charge in [0.05, 0.1) is 7.11 Å². The summed E-state index contributed by atoms with van der Waals surface area (Å²) in [4.78, 5) is 27.0. The van der Waals surface area contributed by atoms with Gasteiger partial charge in [-0.25, -0.2) is 5.21 Å². The Balaban J connectivity index is 1.46. The molecule has 2 aliphatic heterocycles. The Morgan fingerprint density at radius 2 is 2.25 bits per heavy atom. The van der Waals surface area contributed by atoms with Crippen LogP contribution in [0.1, 0.15) is 30.2 Å². The van der Waals surface area contributed by atoms with Crippen molar-refractivity contribution in [2.75, 3.05) is 20.2 Å². The van der Waals surface area contributed by atoms with Gasteiger partial charge in [0.2, 0.25) is 11.6 Å². The van der Waals surface area contributed by atoms with Crippen molar-refractivity contribution in [1.29, 1.82) is 0 Å². The number of aromatic nitrogens is 2. The molecule has 3 unspecified atom stereocenters. The first kappa shape index (κ1) is 18.7. The highest BCUT2D eigenvalue weighted by Crippen LogP contribution is 2.35. The Labute approximate surface area is 160 Å². The number of carbonyl (C=O) groups is 1. The van der Waals surface area contributed by atoms with Crippen LogP contribution in [0.4, 0.5) is 5.69 Å². The van der Waals surface area contributed by atoms with Gasteiger partial charge in [0.15, 0.2) is 0 Å². The second kappa shape index (κ2) is 7.38. The molecule has 28 heavy (non-hydrogen) atoms. The predicted molar refractivity (Wildman–Crippen MR) is 95.3 cm³/mol. The van der Waals surface area contributed by atoms with E-state index in [1.165, 1.54) is 13.2 Å². The number of quaternary nitrogens is 1. The number of hydrogen-bond donors (Lipinski definition) is 2. The second-order valence-electron chi connectivity index (χ2n) is 7.33. The smallest absolute Gasteiger partial charge is 0.315 e. The van der Waals surface area contributed by atoms with Crippen molar-refractivity contribution < 1.29 is 24.5 Å². The van der Waals surface area contributed by atoms with Gasteiger partial charge in [0.1, 0.15) is 5.76 Å². The summed E-state index contributed by atoms with van der Waals surface area (Å²) < 4.78 is 11.7. The Hall–Kier alpha value is -2.69. The first-order valence-electron chi connectivity index (χ1n) is 9.20. The monoisotopic (exact) mass is 390 g/mol. The van der Waals surface area contributed by atoms with Gasteiger partial charge in [-0.1, -0.05) is 0 Å². The highest BCUT2D eigenvalue weighted by molar-refractivity contribution is 5.76. The second-order valence-corrected chi connectivity index (χ2v) is 7.33. The van der Waals surface area contributed by atoms with Crippen LogP contribution in [0.25, 0.3) is 0 Å². The standard InChI is InChI=1S/C18H22N4O6/c1-27-16-7-13(28-19-16)2-5-17(23)20-8-11-6-12(10-20)14-3-4-15(22(25)26)18(24)21(14)9-11/h3-4,7,11-12,22,25H,2,5-6,8-10H2,1H3. The van der Waals surface area contributed by atoms with E-state index < -0.39 is 10.8 Å². The number of amides is 1. The molecule has 2 aromatic heterocycles. The zero-order chi connectivity index (χ0) is 19.8. The molecule has 0 saturated carbocycles. The first-order chi connectivity index (χ1) is 13.5. The summed E-state index contributed by atoms with van der Waals surface area (Å²) in [5, 5.41) is 22.9. The van der Waals surface area contributed by atoms with Crippen LogP contribution in [0.15, 0.2) is 27.5 Å². The number of nitrogens with one attached hydrogen (secondary N) is 1. The van der Waals surface area contributed by atoms with Crippen LogP contribution in [0.3, 0.4) is 0 Å². The Bertz CT molecular complexity index is 936. The van der Waals surface area contributed by atoms with Crippen molar-refractivity contribution in [2.24, 2.45) is 5.92 Å². The minimum absolute atomic E-state index is 0.0306. The molecule has 4 rings (SSSR count). The third-order valence-corrected chi connectivity index (χ3v) is 5.52. The SMILES string of the molecule is COc1cc(CCC(=O)N2CC3CC(C2)c2ccc([NH+]([O-])O)c(=O)n2C3)on1. The number of piperidine rings is 1. The van der Waals surface area contributed by atoms with Gasteiger partial charge in [-0.05, 0) is 23.6 Å². The average molecular weight is 390 g/mol. The molecular weight excluding hydrogens is 368 g/mol. The Morgan fingerprint density at radius 3 is 2.96 bits per heavy atom. The normalized spacial score (nSPS) is 21.9. The first-order valence-corrected chi connectivity index (χ1v) is 9.20. The topological polar surface area (TPSA) is 125 Å². The van der Waals surface area contributed by atoms with Gasteiger partial charge in [-0.2, -0.15) is 5.23 Å². The van der Waals surface area contributed by atoms with E-state index in [4.69, 9.17) is 14.5 Å². The molecule has 0 aromatic carbocycles. The zero-order valence-corrected chi connectivity index (χ0v) is 15.5. The highest BCUT2D eigenvalue weighted by atomic mass is 16.8. The van der Waals surface area contributed by atoms with Crippen LogP contribution in [-0.2, 0) is 17.8 Å². The zero-order valence-electron chi connectivity index (χ0n) is 15.5. The maximum absolute atomic E-state index is 12.7. The lowest BCUT2D eigenvalue weighted by Gasteiger charge is -2.42. The molecular formula is C18H22N4O6. The lowest BCUT2D eigenvalue weighted by molar-refractivity contribution is -0.992. The van der Waals surface area contributed by atoms with Crippen molar-refractivity contribution in [3.8, 4) is 5.88 Å². The number of rotatable bonds is 5. The van der Waals surface area contributed by atoms with Crippen LogP contribution in [0.2, 0.25) is 0 Å². The summed E-state index contributed by atoms with van der Waals surface area (Å²) >= 11 is 0. The summed E-state index contributed by atoms with van der Waals surface area (Å²) in [6.45, 7) is 1.54. The van der Waals surface area contributed by atoms with E-state index >= 15 is 0 Å². The van der Waals surface area contributed by atoms with Gasteiger partial charge < -0.3 is 23.9 Å². The number of nitrogens with zero attached hydrogens (tertiary/aromatic N) is 3. The molecule has 1 saturated heterocycles. The van der Waals surface area contributed by atoms with E-state index in [1.807, 2.05) is 4.90 Å². The quantitative estimate of drug-likeness (QED) is 0.679. The van der Waals surface area contributed by atoms with Gasteiger partial charge in [0, 0.05) is 56.2 Å². The van der Waals surface area contributed by atoms with E-state index in [0.29, 0.717) is 44.1 Å². The molecule has 0 radical (unpaired) electrons. The van der Waals surface area contributed by atoms with Crippen molar-refractivity contribution in [3.63, 3.8) is 0 Å². The average Bonchev–Trinajstić information content (AvgIpc) is 3.14. The molecule has 1 fully saturated rings. The van der Waals surface area contributed by atoms with Gasteiger partial charge in [-0.15, -0.1) is 0 Å². The summed E-state index contributed by atoms with van der Waals surface area (Å²) in [5.41, 5.74) is 0.140. The lowest BCUT2D eigenvalue weighted by Crippen LogP contribution is -3.00. The fourth-order valence-electron chi connectivity index (χ4n) is 4.21. The van der Waals surface area contributed by atoms with Crippen molar-refractivity contribution in [3.05, 3.63) is 45.2 Å². The van der Waals surface area contributed by atoms with Crippen LogP contribution >= 0.6 is 0 Å². The predicted octanol–water partition coefficient (Wildman–Crippen LogP) is -0.173. The molecule has 1 amide bonds. The summed E-state index contributed by atoms with van der Waals surface area (Å²) in [5.74, 6) is 1.20. The molecule has 0 aliphatic carbocycles. The maximum Gasteiger partial charge on any atom is 0.315 e. The summed E-state index contributed by atoms with van der Waals surface area (Å²) in [7, 11) is 1.50. The number of pyridine rings is 1. The van der Waals surface area contributed by atoms with Crippen molar-refractivity contribution in [1.82, 2.24) is 14.6 Å². The molecule has 4 heterocycles. The number of likely N-dealkylation sites (tertiary alicyclic amines) is 1. The van der Waals surface area contributed by atoms with E-state index in [2.05, 4.69) is 5.16 Å². The summed E-state index contributed by atoms with van der Waals surface area (Å²) in [6, 6.07) is 4.75. The van der Waals surface area contributed by atoms with Crippen LogP contribution in [0, 0.1) is 11.1 Å². The molecule has 150 valence electrons. The Morgan fingerprint density at radius 1 is 1.43 bits per heavy atom. The van der Waals surface area contributed by atoms with E-state index in [9.17, 15) is 14.8 Å². The number of aryl methyl sites for hydroxylation is 1. The molecule has 10 nitrogen and oxygen atoms in total. The van der Waals surface area contributed by atoms with Gasteiger partial charge in [-0.3, -0.25) is 9.59 Å². The van der Waals surface area contributed by atoms with Crippen molar-refractivity contribution in [2.45, 2.75) is 31.7 Å². The number of ether oxygens (including phenoxy) is 1. The summed E-state index contributed by atoms with van der Waals surface area (Å²) in [6.07, 6.45) is 1.65. The molecule has 10 heteroatoms.